The van der Waals surface area contributed by atoms with E-state index in [0.29, 0.717) is 13.2 Å². The molecule has 24 heavy (non-hydrogen) atoms. The van der Waals surface area contributed by atoms with Crippen LogP contribution in [0.5, 0.6) is 5.75 Å². The first-order valence-corrected chi connectivity index (χ1v) is 8.13. The molecule has 2 aromatic carbocycles. The number of Topliss-reactive ketones (excluding diaryl/α,β-unsaturated/α-hetero) is 1. The van der Waals surface area contributed by atoms with Gasteiger partial charge in [-0.05, 0) is 42.2 Å². The maximum absolute atomic E-state index is 12.0. The molecule has 0 unspecified atom stereocenters. The molecule has 1 amide bonds. The van der Waals surface area contributed by atoms with E-state index >= 15 is 0 Å². The lowest BCUT2D eigenvalue weighted by Crippen LogP contribution is -2.41. The van der Waals surface area contributed by atoms with E-state index in [-0.39, 0.29) is 11.7 Å². The zero-order valence-corrected chi connectivity index (χ0v) is 14.0. The number of hydrogen-bond acceptors (Lipinski definition) is 3. The topological polar surface area (TPSA) is 46.6 Å². The second-order valence-corrected chi connectivity index (χ2v) is 6.11. The molecule has 1 aliphatic rings. The van der Waals surface area contributed by atoms with Crippen LogP contribution in [0.1, 0.15) is 36.6 Å². The third-order valence-corrected chi connectivity index (χ3v) is 4.38. The van der Waals surface area contributed by atoms with E-state index in [1.807, 2.05) is 48.5 Å². The van der Waals surface area contributed by atoms with Crippen LogP contribution < -0.4 is 4.74 Å². The van der Waals surface area contributed by atoms with Crippen LogP contribution in [0.4, 0.5) is 0 Å². The van der Waals surface area contributed by atoms with Crippen molar-refractivity contribution in [2.45, 2.75) is 32.9 Å². The van der Waals surface area contributed by atoms with E-state index in [2.05, 4.69) is 0 Å². The van der Waals surface area contributed by atoms with Crippen molar-refractivity contribution in [1.29, 1.82) is 0 Å². The maximum Gasteiger partial charge on any atom is 0.220 e. The molecule has 3 rings (SSSR count). The minimum Gasteiger partial charge on any atom is -0.489 e. The molecule has 0 radical (unpaired) electrons. The van der Waals surface area contributed by atoms with Crippen LogP contribution in [0.15, 0.2) is 48.5 Å². The monoisotopic (exact) mass is 323 g/mol. The van der Waals surface area contributed by atoms with Crippen molar-refractivity contribution in [2.24, 2.45) is 0 Å². The van der Waals surface area contributed by atoms with Gasteiger partial charge < -0.3 is 9.64 Å². The summed E-state index contributed by atoms with van der Waals surface area (Å²) in [5, 5.41) is 0. The van der Waals surface area contributed by atoms with Gasteiger partial charge in [0.05, 0.1) is 0 Å². The Hall–Kier alpha value is -2.62. The van der Waals surface area contributed by atoms with E-state index in [9.17, 15) is 9.59 Å². The number of ketones is 1. The van der Waals surface area contributed by atoms with Crippen molar-refractivity contribution in [3.8, 4) is 5.75 Å². The van der Waals surface area contributed by atoms with Gasteiger partial charge in [0.15, 0.2) is 5.78 Å². The molecule has 0 N–H and O–H groups in total. The first-order valence-electron chi connectivity index (χ1n) is 8.13. The lowest BCUT2D eigenvalue weighted by atomic mass is 9.90. The number of nitrogens with zero attached hydrogens (tertiary/aromatic N) is 1. The van der Waals surface area contributed by atoms with Gasteiger partial charge in [0, 0.05) is 13.5 Å². The molecule has 1 atom stereocenters. The highest BCUT2D eigenvalue weighted by Crippen LogP contribution is 2.33. The Labute approximate surface area is 142 Å². The number of amides is 1. The fourth-order valence-electron chi connectivity index (χ4n) is 3.21. The highest BCUT2D eigenvalue weighted by atomic mass is 16.5. The Morgan fingerprint density at radius 2 is 1.88 bits per heavy atom. The van der Waals surface area contributed by atoms with Crippen molar-refractivity contribution in [1.82, 2.24) is 4.90 Å². The Bertz CT molecular complexity index is 755. The van der Waals surface area contributed by atoms with Crippen LogP contribution in [0, 0.1) is 0 Å². The summed E-state index contributed by atoms with van der Waals surface area (Å²) < 4.78 is 5.86. The summed E-state index contributed by atoms with van der Waals surface area (Å²) in [5.74, 6) is 0.713. The van der Waals surface area contributed by atoms with Crippen molar-refractivity contribution >= 4 is 11.7 Å². The predicted octanol–water partition coefficient (Wildman–Crippen LogP) is 3.30. The van der Waals surface area contributed by atoms with E-state index in [0.717, 1.165) is 28.9 Å². The first kappa shape index (κ1) is 16.2. The highest BCUT2D eigenvalue weighted by Gasteiger charge is 2.32. The van der Waals surface area contributed by atoms with Crippen molar-refractivity contribution in [2.75, 3.05) is 6.54 Å². The minimum absolute atomic E-state index is 0.0101. The Kier molecular flexibility index (Phi) is 4.65. The van der Waals surface area contributed by atoms with Crippen LogP contribution in [0.2, 0.25) is 0 Å². The molecular formula is C20H21NO3. The molecule has 0 spiro atoms. The molecule has 1 heterocycles. The normalized spacial score (nSPS) is 16.4. The average molecular weight is 323 g/mol. The summed E-state index contributed by atoms with van der Waals surface area (Å²) in [6.45, 7) is 4.12. The molecule has 2 aromatic rings. The zero-order chi connectivity index (χ0) is 17.1. The van der Waals surface area contributed by atoms with Crippen LogP contribution in [0.25, 0.3) is 0 Å². The molecule has 1 aliphatic heterocycles. The molecule has 0 saturated heterocycles. The Morgan fingerprint density at radius 3 is 2.54 bits per heavy atom. The van der Waals surface area contributed by atoms with E-state index in [1.165, 1.54) is 13.8 Å². The third-order valence-electron chi connectivity index (χ3n) is 4.38. The van der Waals surface area contributed by atoms with Crippen LogP contribution in [0.3, 0.4) is 0 Å². The summed E-state index contributed by atoms with van der Waals surface area (Å²) in [7, 11) is 0. The van der Waals surface area contributed by atoms with Crippen molar-refractivity contribution in [3.63, 3.8) is 0 Å². The van der Waals surface area contributed by atoms with Gasteiger partial charge in [-0.1, -0.05) is 36.4 Å². The number of ether oxygens (including phenoxy) is 1. The van der Waals surface area contributed by atoms with Crippen LogP contribution >= 0.6 is 0 Å². The molecule has 0 bridgehead atoms. The number of hydrogen-bond donors (Lipinski definition) is 0. The van der Waals surface area contributed by atoms with Gasteiger partial charge in [-0.2, -0.15) is 0 Å². The van der Waals surface area contributed by atoms with Gasteiger partial charge in [-0.3, -0.25) is 9.59 Å². The minimum atomic E-state index is -0.477. The lowest BCUT2D eigenvalue weighted by Gasteiger charge is -2.35. The van der Waals surface area contributed by atoms with E-state index in [4.69, 9.17) is 4.74 Å². The first-order chi connectivity index (χ1) is 11.6. The molecule has 0 fully saturated rings. The van der Waals surface area contributed by atoms with Gasteiger partial charge in [0.25, 0.3) is 0 Å². The molecule has 0 aromatic heterocycles. The van der Waals surface area contributed by atoms with Gasteiger partial charge in [0.1, 0.15) is 18.4 Å². The third kappa shape index (κ3) is 3.32. The van der Waals surface area contributed by atoms with E-state index < -0.39 is 6.04 Å². The standard InChI is InChI=1S/C20H21NO3/c1-14(22)20-19-9-8-18(24-13-16-6-4-3-5-7-16)12-17(19)10-11-21(20)15(2)23/h3-9,12,20H,10-11,13H2,1-2H3/t20-/m1/s1. The molecule has 4 heteroatoms. The van der Waals surface area contributed by atoms with Crippen LogP contribution in [-0.2, 0) is 22.6 Å². The van der Waals surface area contributed by atoms with Gasteiger partial charge in [-0.25, -0.2) is 0 Å². The molecule has 4 nitrogen and oxygen atoms in total. The molecule has 0 aliphatic carbocycles. The number of carbonyl (C=O) groups is 2. The number of carbonyl (C=O) groups excluding carboxylic acids is 2. The molecular weight excluding hydrogens is 302 g/mol. The number of fused-ring (bicyclic) bond motifs is 1. The summed E-state index contributed by atoms with van der Waals surface area (Å²) in [4.78, 5) is 25.5. The summed E-state index contributed by atoms with van der Waals surface area (Å²) in [5.41, 5.74) is 3.11. The average Bonchev–Trinajstić information content (AvgIpc) is 2.59. The smallest absolute Gasteiger partial charge is 0.220 e. The summed E-state index contributed by atoms with van der Waals surface area (Å²) in [6, 6.07) is 15.3. The number of benzene rings is 2. The largest absolute Gasteiger partial charge is 0.489 e. The van der Waals surface area contributed by atoms with Gasteiger partial charge in [0.2, 0.25) is 5.91 Å². The maximum atomic E-state index is 12.0. The zero-order valence-electron chi connectivity index (χ0n) is 14.0. The van der Waals surface area contributed by atoms with Gasteiger partial charge in [-0.15, -0.1) is 0 Å². The second kappa shape index (κ2) is 6.87. The number of rotatable bonds is 4. The van der Waals surface area contributed by atoms with Gasteiger partial charge >= 0.3 is 0 Å². The second-order valence-electron chi connectivity index (χ2n) is 6.11. The fourth-order valence-corrected chi connectivity index (χ4v) is 3.21. The highest BCUT2D eigenvalue weighted by molar-refractivity contribution is 5.88. The van der Waals surface area contributed by atoms with E-state index in [1.54, 1.807) is 4.90 Å². The van der Waals surface area contributed by atoms with Crippen molar-refractivity contribution < 1.29 is 14.3 Å². The SMILES string of the molecule is CC(=O)[C@@H]1c2ccc(OCc3ccccc3)cc2CCN1C(C)=O. The Morgan fingerprint density at radius 1 is 1.12 bits per heavy atom. The lowest BCUT2D eigenvalue weighted by molar-refractivity contribution is -0.138. The molecule has 124 valence electrons. The quantitative estimate of drug-likeness (QED) is 0.867. The van der Waals surface area contributed by atoms with Crippen molar-refractivity contribution in [3.05, 3.63) is 65.2 Å². The molecule has 0 saturated carbocycles. The fraction of sp³-hybridized carbons (Fsp3) is 0.300. The summed E-state index contributed by atoms with van der Waals surface area (Å²) in [6.07, 6.45) is 0.737. The van der Waals surface area contributed by atoms with Crippen LogP contribution in [-0.4, -0.2) is 23.1 Å². The Balaban J connectivity index is 1.81. The summed E-state index contributed by atoms with van der Waals surface area (Å²) >= 11 is 0. The predicted molar refractivity (Wildman–Crippen MR) is 91.7 cm³/mol.